The van der Waals surface area contributed by atoms with Crippen molar-refractivity contribution in [2.45, 2.75) is 0 Å². The summed E-state index contributed by atoms with van der Waals surface area (Å²) < 4.78 is 0. The highest BCUT2D eigenvalue weighted by Gasteiger charge is 2.16. The van der Waals surface area contributed by atoms with Gasteiger partial charge in [-0.25, -0.2) is 4.79 Å². The minimum atomic E-state index is -1.04. The zero-order chi connectivity index (χ0) is 10.8. The van der Waals surface area contributed by atoms with Crippen molar-refractivity contribution >= 4 is 5.97 Å². The maximum absolute atomic E-state index is 10.9. The predicted molar refractivity (Wildman–Crippen MR) is 54.8 cm³/mol. The van der Waals surface area contributed by atoms with Crippen LogP contribution in [0, 0.1) is 0 Å². The molecule has 0 fully saturated rings. The van der Waals surface area contributed by atoms with Crippen molar-refractivity contribution in [2.24, 2.45) is 0 Å². The zero-order valence-corrected chi connectivity index (χ0v) is 7.79. The number of aromatic nitrogens is 2. The minimum absolute atomic E-state index is 0.101. The second-order valence-electron chi connectivity index (χ2n) is 3.02. The lowest BCUT2D eigenvalue weighted by Gasteiger charge is -2.02. The number of carboxylic acid groups (broad SMARTS) is 1. The maximum Gasteiger partial charge on any atom is 0.339 e. The lowest BCUT2D eigenvalue weighted by atomic mass is 10.1. The number of carbonyl (C=O) groups is 1. The highest BCUT2D eigenvalue weighted by Crippen LogP contribution is 2.21. The van der Waals surface area contributed by atoms with Crippen LogP contribution in [0.5, 0.6) is 0 Å². The fourth-order valence-electron chi connectivity index (χ4n) is 1.40. The van der Waals surface area contributed by atoms with E-state index in [2.05, 4.69) is 5.10 Å². The van der Waals surface area contributed by atoms with E-state index in [0.29, 0.717) is 5.69 Å². The predicted octanol–water partition coefficient (Wildman–Crippen LogP) is 0.962. The van der Waals surface area contributed by atoms with Gasteiger partial charge in [-0.3, -0.25) is 0 Å². The van der Waals surface area contributed by atoms with Gasteiger partial charge >= 0.3 is 5.97 Å². The Morgan fingerprint density at radius 3 is 2.60 bits per heavy atom. The standard InChI is InChI=1S/C10H9N3O2/c11-13-9(7-4-2-1-3-5-7)8(6-12-13)10(14)15/h1-6H,11H2,(H,14,15). The molecule has 0 spiro atoms. The third-order valence-corrected chi connectivity index (χ3v) is 2.07. The van der Waals surface area contributed by atoms with Gasteiger partial charge in [0.1, 0.15) is 11.3 Å². The molecule has 3 N–H and O–H groups in total. The molecule has 0 aliphatic rings. The molecule has 0 saturated carbocycles. The van der Waals surface area contributed by atoms with Gasteiger partial charge in [0.2, 0.25) is 0 Å². The second-order valence-corrected chi connectivity index (χ2v) is 3.02. The van der Waals surface area contributed by atoms with Crippen LogP contribution in [0.3, 0.4) is 0 Å². The van der Waals surface area contributed by atoms with Gasteiger partial charge in [-0.15, -0.1) is 0 Å². The number of nitrogen functional groups attached to an aromatic ring is 1. The monoisotopic (exact) mass is 203 g/mol. The molecule has 0 atom stereocenters. The molecule has 2 aromatic rings. The second kappa shape index (κ2) is 3.45. The Hall–Kier alpha value is -2.30. The molecule has 76 valence electrons. The first-order chi connectivity index (χ1) is 7.20. The van der Waals surface area contributed by atoms with Crippen LogP contribution >= 0.6 is 0 Å². The molecule has 0 saturated heterocycles. The van der Waals surface area contributed by atoms with Crippen LogP contribution in [0.2, 0.25) is 0 Å². The Labute approximate surface area is 85.7 Å². The lowest BCUT2D eigenvalue weighted by molar-refractivity contribution is 0.0697. The Morgan fingerprint density at radius 1 is 1.33 bits per heavy atom. The average Bonchev–Trinajstić information content (AvgIpc) is 2.61. The summed E-state index contributed by atoms with van der Waals surface area (Å²) in [6.45, 7) is 0. The van der Waals surface area contributed by atoms with E-state index in [1.807, 2.05) is 18.2 Å². The highest BCUT2D eigenvalue weighted by molar-refractivity contribution is 5.94. The van der Waals surface area contributed by atoms with Crippen molar-refractivity contribution in [1.29, 1.82) is 0 Å². The summed E-state index contributed by atoms with van der Waals surface area (Å²) >= 11 is 0. The molecule has 2 rings (SSSR count). The van der Waals surface area contributed by atoms with Crippen LogP contribution in [0.15, 0.2) is 36.5 Å². The lowest BCUT2D eigenvalue weighted by Crippen LogP contribution is -2.12. The number of carboxylic acids is 1. The van der Waals surface area contributed by atoms with Gasteiger partial charge in [-0.05, 0) is 0 Å². The van der Waals surface area contributed by atoms with Crippen LogP contribution in [-0.2, 0) is 0 Å². The Balaban J connectivity index is 2.62. The molecule has 0 amide bonds. The molecule has 0 radical (unpaired) electrons. The number of nitrogens with zero attached hydrogens (tertiary/aromatic N) is 2. The van der Waals surface area contributed by atoms with E-state index in [-0.39, 0.29) is 5.56 Å². The van der Waals surface area contributed by atoms with Gasteiger partial charge in [0, 0.05) is 5.56 Å². The van der Waals surface area contributed by atoms with E-state index < -0.39 is 5.97 Å². The van der Waals surface area contributed by atoms with Crippen molar-refractivity contribution in [3.8, 4) is 11.3 Å². The van der Waals surface area contributed by atoms with E-state index in [4.69, 9.17) is 10.9 Å². The summed E-state index contributed by atoms with van der Waals surface area (Å²) in [4.78, 5) is 12.0. The largest absolute Gasteiger partial charge is 0.478 e. The van der Waals surface area contributed by atoms with Crippen molar-refractivity contribution in [3.63, 3.8) is 0 Å². The third-order valence-electron chi connectivity index (χ3n) is 2.07. The van der Waals surface area contributed by atoms with Crippen LogP contribution in [-0.4, -0.2) is 21.0 Å². The maximum atomic E-state index is 10.9. The molecule has 5 nitrogen and oxygen atoms in total. The molecule has 0 aliphatic carbocycles. The molecule has 5 heteroatoms. The number of hydrogen-bond acceptors (Lipinski definition) is 3. The van der Waals surface area contributed by atoms with Gasteiger partial charge in [0.25, 0.3) is 0 Å². The van der Waals surface area contributed by atoms with Crippen LogP contribution in [0.1, 0.15) is 10.4 Å². The summed E-state index contributed by atoms with van der Waals surface area (Å²) in [6, 6.07) is 9.04. The van der Waals surface area contributed by atoms with Crippen molar-refractivity contribution in [3.05, 3.63) is 42.1 Å². The minimum Gasteiger partial charge on any atom is -0.478 e. The average molecular weight is 203 g/mol. The SMILES string of the molecule is Nn1ncc(C(=O)O)c1-c1ccccc1. The number of benzene rings is 1. The zero-order valence-electron chi connectivity index (χ0n) is 7.79. The van der Waals surface area contributed by atoms with Crippen LogP contribution in [0.4, 0.5) is 0 Å². The van der Waals surface area contributed by atoms with Crippen molar-refractivity contribution < 1.29 is 9.90 Å². The molecule has 0 bridgehead atoms. The fourth-order valence-corrected chi connectivity index (χ4v) is 1.40. The van der Waals surface area contributed by atoms with Crippen LogP contribution in [0.25, 0.3) is 11.3 Å². The smallest absolute Gasteiger partial charge is 0.339 e. The normalized spacial score (nSPS) is 10.1. The number of aromatic carboxylic acids is 1. The Bertz CT molecular complexity index is 491. The van der Waals surface area contributed by atoms with E-state index in [0.717, 1.165) is 10.4 Å². The molecule has 1 aromatic carbocycles. The van der Waals surface area contributed by atoms with E-state index in [9.17, 15) is 4.79 Å². The fraction of sp³-hybridized carbons (Fsp3) is 0. The Morgan fingerprint density at radius 2 is 2.00 bits per heavy atom. The van der Waals surface area contributed by atoms with E-state index in [1.54, 1.807) is 12.1 Å². The molecule has 1 aromatic heterocycles. The first-order valence-corrected chi connectivity index (χ1v) is 4.32. The summed E-state index contributed by atoms with van der Waals surface area (Å²) in [5.41, 5.74) is 1.24. The van der Waals surface area contributed by atoms with Crippen molar-refractivity contribution in [2.75, 3.05) is 5.84 Å². The van der Waals surface area contributed by atoms with E-state index >= 15 is 0 Å². The topological polar surface area (TPSA) is 81.1 Å². The quantitative estimate of drug-likeness (QED) is 0.712. The van der Waals surface area contributed by atoms with Gasteiger partial charge in [0.05, 0.1) is 6.20 Å². The van der Waals surface area contributed by atoms with Gasteiger partial charge in [0.15, 0.2) is 0 Å². The summed E-state index contributed by atoms with van der Waals surface area (Å²) in [5, 5.41) is 12.7. The third kappa shape index (κ3) is 1.54. The molecule has 0 unspecified atom stereocenters. The van der Waals surface area contributed by atoms with E-state index in [1.165, 1.54) is 6.20 Å². The van der Waals surface area contributed by atoms with Gasteiger partial charge < -0.3 is 10.9 Å². The summed E-state index contributed by atoms with van der Waals surface area (Å²) in [7, 11) is 0. The first kappa shape index (κ1) is 9.26. The van der Waals surface area contributed by atoms with Gasteiger partial charge in [-0.2, -0.15) is 9.89 Å². The van der Waals surface area contributed by atoms with Crippen molar-refractivity contribution in [1.82, 2.24) is 9.89 Å². The molecule has 1 heterocycles. The summed E-state index contributed by atoms with van der Waals surface area (Å²) in [5.74, 6) is 4.52. The highest BCUT2D eigenvalue weighted by atomic mass is 16.4. The van der Waals surface area contributed by atoms with Gasteiger partial charge in [-0.1, -0.05) is 30.3 Å². The number of rotatable bonds is 2. The molecular formula is C10H9N3O2. The summed E-state index contributed by atoms with van der Waals surface area (Å²) in [6.07, 6.45) is 1.24. The first-order valence-electron chi connectivity index (χ1n) is 4.32. The number of hydrogen-bond donors (Lipinski definition) is 2. The molecular weight excluding hydrogens is 194 g/mol. The number of nitrogens with two attached hydrogens (primary N) is 1. The Kier molecular flexibility index (Phi) is 2.13. The molecule has 0 aliphatic heterocycles. The molecule has 15 heavy (non-hydrogen) atoms. The van der Waals surface area contributed by atoms with Crippen LogP contribution < -0.4 is 5.84 Å².